The zero-order chi connectivity index (χ0) is 13.9. The molecule has 3 heteroatoms. The molecule has 0 fully saturated rings. The summed E-state index contributed by atoms with van der Waals surface area (Å²) in [5, 5.41) is 3.61. The highest BCUT2D eigenvalue weighted by atomic mass is 79.9. The number of nitrogens with zero attached hydrogens (tertiary/aromatic N) is 1. The Morgan fingerprint density at radius 2 is 1.70 bits per heavy atom. The van der Waals surface area contributed by atoms with E-state index in [0.717, 1.165) is 10.9 Å². The van der Waals surface area contributed by atoms with E-state index in [1.165, 1.54) is 21.8 Å². The lowest BCUT2D eigenvalue weighted by Gasteiger charge is -1.99. The van der Waals surface area contributed by atoms with Crippen molar-refractivity contribution in [3.05, 3.63) is 75.0 Å². The summed E-state index contributed by atoms with van der Waals surface area (Å²) in [5.41, 5.74) is 3.88. The molecule has 0 bridgehead atoms. The first-order chi connectivity index (χ1) is 9.74. The van der Waals surface area contributed by atoms with E-state index in [1.807, 2.05) is 11.3 Å². The fourth-order valence-electron chi connectivity index (χ4n) is 2.23. The third-order valence-corrected chi connectivity index (χ3v) is 4.94. The van der Waals surface area contributed by atoms with Crippen LogP contribution < -0.4 is 4.57 Å². The van der Waals surface area contributed by atoms with Gasteiger partial charge in [-0.1, -0.05) is 57.6 Å². The molecule has 0 N–H and O–H groups in total. The molecule has 0 unspecified atom stereocenters. The number of benzene rings is 2. The Balaban J connectivity index is 1.91. The van der Waals surface area contributed by atoms with Crippen molar-refractivity contribution in [1.29, 1.82) is 0 Å². The van der Waals surface area contributed by atoms with Crippen LogP contribution in [0.4, 0.5) is 0 Å². The molecule has 3 rings (SSSR count). The van der Waals surface area contributed by atoms with Crippen LogP contribution in [0.5, 0.6) is 0 Å². The molecule has 0 saturated heterocycles. The second-order valence-corrected chi connectivity index (χ2v) is 6.60. The van der Waals surface area contributed by atoms with Gasteiger partial charge in [0.1, 0.15) is 7.05 Å². The molecule has 0 aliphatic heterocycles. The Bertz CT molecular complexity index is 702. The highest BCUT2D eigenvalue weighted by Crippen LogP contribution is 2.23. The predicted octanol–water partition coefficient (Wildman–Crippen LogP) is 4.59. The van der Waals surface area contributed by atoms with E-state index in [4.69, 9.17) is 0 Å². The second-order valence-electron chi connectivity index (χ2n) is 4.74. The lowest BCUT2D eigenvalue weighted by molar-refractivity contribution is -0.662. The number of halogens is 1. The summed E-state index contributed by atoms with van der Waals surface area (Å²) >= 11 is 5.30. The van der Waals surface area contributed by atoms with E-state index in [9.17, 15) is 0 Å². The maximum Gasteiger partial charge on any atom is 0.241 e. The van der Waals surface area contributed by atoms with Crippen molar-refractivity contribution in [3.63, 3.8) is 0 Å². The minimum Gasteiger partial charge on any atom is -0.188 e. The number of thiazole rings is 1. The van der Waals surface area contributed by atoms with Gasteiger partial charge in [-0.25, -0.2) is 0 Å². The highest BCUT2D eigenvalue weighted by Gasteiger charge is 2.18. The van der Waals surface area contributed by atoms with E-state index in [0.29, 0.717) is 0 Å². The van der Waals surface area contributed by atoms with Crippen LogP contribution in [-0.2, 0) is 13.5 Å². The van der Waals surface area contributed by atoms with E-state index in [1.54, 1.807) is 0 Å². The molecule has 1 aromatic heterocycles. The molecule has 0 saturated carbocycles. The average Bonchev–Trinajstić information content (AvgIpc) is 2.83. The summed E-state index contributed by atoms with van der Waals surface area (Å²) < 4.78 is 3.41. The molecule has 0 amide bonds. The number of aromatic nitrogens is 1. The van der Waals surface area contributed by atoms with Crippen molar-refractivity contribution in [2.75, 3.05) is 0 Å². The standard InChI is InChI=1S/C17H15BrNS/c1-19-16(14-7-9-15(18)10-8-14)12-20-17(19)11-13-5-3-2-4-6-13/h2-10,12H,11H2,1H3/q+1. The molecular weight excluding hydrogens is 330 g/mol. The summed E-state index contributed by atoms with van der Waals surface area (Å²) in [4.78, 5) is 0. The fraction of sp³-hybridized carbons (Fsp3) is 0.118. The summed E-state index contributed by atoms with van der Waals surface area (Å²) in [6, 6.07) is 19.1. The van der Waals surface area contributed by atoms with Crippen molar-refractivity contribution in [1.82, 2.24) is 0 Å². The maximum atomic E-state index is 3.48. The minimum absolute atomic E-state index is 0.985. The SMILES string of the molecule is C[n+]1c(-c2ccc(Br)cc2)csc1Cc1ccccc1. The van der Waals surface area contributed by atoms with Crippen LogP contribution in [0.3, 0.4) is 0 Å². The van der Waals surface area contributed by atoms with Gasteiger partial charge in [-0.15, -0.1) is 0 Å². The molecule has 0 aliphatic rings. The first kappa shape index (κ1) is 13.5. The molecule has 20 heavy (non-hydrogen) atoms. The molecular formula is C17H15BrNS+. The number of hydrogen-bond acceptors (Lipinski definition) is 1. The van der Waals surface area contributed by atoms with Gasteiger partial charge in [-0.3, -0.25) is 0 Å². The third kappa shape index (κ3) is 2.84. The zero-order valence-electron chi connectivity index (χ0n) is 11.2. The van der Waals surface area contributed by atoms with Crippen LogP contribution in [0.25, 0.3) is 11.3 Å². The van der Waals surface area contributed by atoms with Gasteiger partial charge in [0.2, 0.25) is 10.7 Å². The summed E-state index contributed by atoms with van der Waals surface area (Å²) in [5.74, 6) is 0. The van der Waals surface area contributed by atoms with E-state index < -0.39 is 0 Å². The number of rotatable bonds is 3. The molecule has 0 spiro atoms. The third-order valence-electron chi connectivity index (χ3n) is 3.38. The zero-order valence-corrected chi connectivity index (χ0v) is 13.6. The van der Waals surface area contributed by atoms with Crippen molar-refractivity contribution < 1.29 is 4.57 Å². The smallest absolute Gasteiger partial charge is 0.188 e. The van der Waals surface area contributed by atoms with Gasteiger partial charge in [0.15, 0.2) is 0 Å². The van der Waals surface area contributed by atoms with Crippen LogP contribution in [0.2, 0.25) is 0 Å². The minimum atomic E-state index is 0.985. The van der Waals surface area contributed by atoms with Crippen molar-refractivity contribution in [2.24, 2.45) is 7.05 Å². The molecule has 0 aliphatic carbocycles. The Kier molecular flexibility index (Phi) is 3.99. The monoisotopic (exact) mass is 344 g/mol. The normalized spacial score (nSPS) is 10.7. The van der Waals surface area contributed by atoms with Crippen LogP contribution in [0, 0.1) is 0 Å². The lowest BCUT2D eigenvalue weighted by Crippen LogP contribution is -2.32. The van der Waals surface area contributed by atoms with Crippen molar-refractivity contribution >= 4 is 27.3 Å². The Morgan fingerprint density at radius 1 is 1.00 bits per heavy atom. The Morgan fingerprint density at radius 3 is 2.40 bits per heavy atom. The van der Waals surface area contributed by atoms with Crippen LogP contribution in [-0.4, -0.2) is 0 Å². The first-order valence-corrected chi connectivity index (χ1v) is 8.17. The van der Waals surface area contributed by atoms with Gasteiger partial charge in [0, 0.05) is 10.0 Å². The molecule has 1 heterocycles. The van der Waals surface area contributed by atoms with Gasteiger partial charge < -0.3 is 0 Å². The van der Waals surface area contributed by atoms with Gasteiger partial charge >= 0.3 is 0 Å². The molecule has 3 aromatic rings. The second kappa shape index (κ2) is 5.90. The molecule has 1 nitrogen and oxygen atoms in total. The van der Waals surface area contributed by atoms with E-state index in [-0.39, 0.29) is 0 Å². The maximum absolute atomic E-state index is 3.48. The lowest BCUT2D eigenvalue weighted by atomic mass is 10.1. The highest BCUT2D eigenvalue weighted by molar-refractivity contribution is 9.10. The summed E-state index contributed by atoms with van der Waals surface area (Å²) in [6.07, 6.45) is 0.985. The number of hydrogen-bond donors (Lipinski definition) is 0. The molecule has 2 aromatic carbocycles. The van der Waals surface area contributed by atoms with Gasteiger partial charge in [0.05, 0.1) is 11.8 Å². The first-order valence-electron chi connectivity index (χ1n) is 6.50. The fourth-order valence-corrected chi connectivity index (χ4v) is 3.54. The van der Waals surface area contributed by atoms with Gasteiger partial charge in [-0.2, -0.15) is 4.57 Å². The predicted molar refractivity (Wildman–Crippen MR) is 87.9 cm³/mol. The van der Waals surface area contributed by atoms with E-state index >= 15 is 0 Å². The molecule has 0 atom stereocenters. The van der Waals surface area contributed by atoms with Crippen LogP contribution in [0.15, 0.2) is 64.5 Å². The Hall–Kier alpha value is -1.45. The van der Waals surface area contributed by atoms with Crippen molar-refractivity contribution in [3.8, 4) is 11.3 Å². The van der Waals surface area contributed by atoms with Gasteiger partial charge in [0.25, 0.3) is 0 Å². The van der Waals surface area contributed by atoms with Gasteiger partial charge in [-0.05, 0) is 29.8 Å². The van der Waals surface area contributed by atoms with Crippen molar-refractivity contribution in [2.45, 2.75) is 6.42 Å². The Labute approximate surface area is 131 Å². The van der Waals surface area contributed by atoms with E-state index in [2.05, 4.69) is 87.5 Å². The quantitative estimate of drug-likeness (QED) is 0.611. The van der Waals surface area contributed by atoms with Crippen LogP contribution >= 0.6 is 27.3 Å². The summed E-state index contributed by atoms with van der Waals surface area (Å²) in [7, 11) is 2.14. The van der Waals surface area contributed by atoms with Crippen LogP contribution in [0.1, 0.15) is 10.6 Å². The topological polar surface area (TPSA) is 3.88 Å². The molecule has 0 radical (unpaired) electrons. The summed E-state index contributed by atoms with van der Waals surface area (Å²) in [6.45, 7) is 0. The largest absolute Gasteiger partial charge is 0.241 e. The molecule has 100 valence electrons. The average molecular weight is 345 g/mol.